The Hall–Kier alpha value is -2.02. The van der Waals surface area contributed by atoms with Crippen molar-refractivity contribution in [3.63, 3.8) is 0 Å². The Bertz CT molecular complexity index is 544. The highest BCUT2D eigenvalue weighted by Crippen LogP contribution is 2.21. The van der Waals surface area contributed by atoms with Crippen LogP contribution >= 0.6 is 0 Å². The number of rotatable bonds is 3. The number of hydrogen-bond donors (Lipinski definition) is 1. The molecular formula is C17H25N3O4. The second-order valence-corrected chi connectivity index (χ2v) is 6.42. The van der Waals surface area contributed by atoms with Gasteiger partial charge in [-0.15, -0.1) is 0 Å². The fourth-order valence-corrected chi connectivity index (χ4v) is 3.38. The van der Waals surface area contributed by atoms with Gasteiger partial charge in [-0.3, -0.25) is 4.79 Å². The van der Waals surface area contributed by atoms with E-state index in [1.54, 1.807) is 29.0 Å². The summed E-state index contributed by atoms with van der Waals surface area (Å²) in [6.07, 6.45) is 5.73. The van der Waals surface area contributed by atoms with Crippen LogP contribution in [0.5, 0.6) is 0 Å². The molecule has 3 rings (SSSR count). The van der Waals surface area contributed by atoms with E-state index < -0.39 is 0 Å². The lowest BCUT2D eigenvalue weighted by Gasteiger charge is -2.36. The summed E-state index contributed by atoms with van der Waals surface area (Å²) in [4.78, 5) is 28.1. The van der Waals surface area contributed by atoms with Gasteiger partial charge in [-0.1, -0.05) is 0 Å². The minimum atomic E-state index is -0.113. The maximum atomic E-state index is 12.4. The maximum Gasteiger partial charge on any atom is 0.317 e. The largest absolute Gasteiger partial charge is 0.459 e. The number of amides is 3. The third kappa shape index (κ3) is 3.90. The normalized spacial score (nSPS) is 24.7. The predicted molar refractivity (Wildman–Crippen MR) is 87.8 cm³/mol. The first-order valence-corrected chi connectivity index (χ1v) is 8.58. The smallest absolute Gasteiger partial charge is 0.317 e. The van der Waals surface area contributed by atoms with Crippen LogP contribution in [0.15, 0.2) is 22.8 Å². The van der Waals surface area contributed by atoms with Crippen LogP contribution in [0.25, 0.3) is 0 Å². The van der Waals surface area contributed by atoms with Crippen molar-refractivity contribution in [2.75, 3.05) is 33.3 Å². The summed E-state index contributed by atoms with van der Waals surface area (Å²) in [6.45, 7) is 2.16. The number of nitrogens with one attached hydrogen (secondary N) is 1. The van der Waals surface area contributed by atoms with E-state index in [0.717, 1.165) is 25.7 Å². The second kappa shape index (κ2) is 7.70. The van der Waals surface area contributed by atoms with Crippen LogP contribution in [0, 0.1) is 0 Å². The Morgan fingerprint density at radius 1 is 1.12 bits per heavy atom. The van der Waals surface area contributed by atoms with Crippen LogP contribution in [0.3, 0.4) is 0 Å². The van der Waals surface area contributed by atoms with Crippen molar-refractivity contribution < 1.29 is 18.7 Å². The molecule has 0 radical (unpaired) electrons. The van der Waals surface area contributed by atoms with Crippen molar-refractivity contribution in [3.05, 3.63) is 24.2 Å². The summed E-state index contributed by atoms with van der Waals surface area (Å²) < 4.78 is 10.5. The molecular weight excluding hydrogens is 310 g/mol. The van der Waals surface area contributed by atoms with Crippen molar-refractivity contribution >= 4 is 11.9 Å². The molecule has 7 heteroatoms. The zero-order valence-electron chi connectivity index (χ0n) is 14.1. The Kier molecular flexibility index (Phi) is 5.40. The molecule has 132 valence electrons. The van der Waals surface area contributed by atoms with E-state index in [1.807, 2.05) is 0 Å². The Balaban J connectivity index is 1.43. The topological polar surface area (TPSA) is 75.0 Å². The number of hydrogen-bond acceptors (Lipinski definition) is 4. The van der Waals surface area contributed by atoms with Gasteiger partial charge in [0.25, 0.3) is 5.91 Å². The molecule has 1 saturated heterocycles. The summed E-state index contributed by atoms with van der Waals surface area (Å²) in [5.74, 6) is 0.237. The summed E-state index contributed by atoms with van der Waals surface area (Å²) in [6, 6.07) is 3.57. The zero-order valence-corrected chi connectivity index (χ0v) is 14.1. The SMILES string of the molecule is COC1CCC(NC(=O)N2CCN(C(=O)c3ccco3)CC2)CC1. The highest BCUT2D eigenvalue weighted by molar-refractivity contribution is 5.91. The lowest BCUT2D eigenvalue weighted by Crippen LogP contribution is -2.55. The average molecular weight is 335 g/mol. The summed E-state index contributed by atoms with van der Waals surface area (Å²) >= 11 is 0. The van der Waals surface area contributed by atoms with Gasteiger partial charge in [-0.2, -0.15) is 0 Å². The molecule has 1 saturated carbocycles. The van der Waals surface area contributed by atoms with Crippen LogP contribution in [-0.4, -0.2) is 67.2 Å². The lowest BCUT2D eigenvalue weighted by molar-refractivity contribution is 0.0591. The molecule has 2 aliphatic rings. The molecule has 0 spiro atoms. The maximum absolute atomic E-state index is 12.4. The molecule has 0 unspecified atom stereocenters. The van der Waals surface area contributed by atoms with E-state index >= 15 is 0 Å². The molecule has 1 aliphatic carbocycles. The van der Waals surface area contributed by atoms with Gasteiger partial charge in [0.2, 0.25) is 0 Å². The molecule has 3 amide bonds. The van der Waals surface area contributed by atoms with Crippen molar-refractivity contribution in [2.24, 2.45) is 0 Å². The highest BCUT2D eigenvalue weighted by atomic mass is 16.5. The molecule has 1 N–H and O–H groups in total. The Morgan fingerprint density at radius 3 is 2.38 bits per heavy atom. The van der Waals surface area contributed by atoms with E-state index in [0.29, 0.717) is 38.0 Å². The lowest BCUT2D eigenvalue weighted by atomic mass is 9.93. The van der Waals surface area contributed by atoms with Gasteiger partial charge in [-0.25, -0.2) is 4.79 Å². The van der Waals surface area contributed by atoms with E-state index in [1.165, 1.54) is 6.26 Å². The first-order chi connectivity index (χ1) is 11.7. The summed E-state index contributed by atoms with van der Waals surface area (Å²) in [5, 5.41) is 3.11. The van der Waals surface area contributed by atoms with E-state index in [-0.39, 0.29) is 18.0 Å². The third-order valence-electron chi connectivity index (χ3n) is 4.92. The number of furan rings is 1. The number of nitrogens with zero attached hydrogens (tertiary/aromatic N) is 2. The van der Waals surface area contributed by atoms with Crippen LogP contribution in [0.4, 0.5) is 4.79 Å². The van der Waals surface area contributed by atoms with Gasteiger partial charge in [-0.05, 0) is 37.8 Å². The second-order valence-electron chi connectivity index (χ2n) is 6.42. The molecule has 0 bridgehead atoms. The molecule has 7 nitrogen and oxygen atoms in total. The molecule has 2 heterocycles. The van der Waals surface area contributed by atoms with Gasteiger partial charge in [0.05, 0.1) is 12.4 Å². The Morgan fingerprint density at radius 2 is 1.79 bits per heavy atom. The molecule has 2 fully saturated rings. The summed E-state index contributed by atoms with van der Waals surface area (Å²) in [7, 11) is 1.74. The number of methoxy groups -OCH3 is 1. The zero-order chi connectivity index (χ0) is 16.9. The number of urea groups is 1. The molecule has 1 aromatic rings. The standard InChI is InChI=1S/C17H25N3O4/c1-23-14-6-4-13(5-7-14)18-17(22)20-10-8-19(9-11-20)16(21)15-3-2-12-24-15/h2-3,12-14H,4-11H2,1H3,(H,18,22). The minimum absolute atomic E-state index is 0.0269. The predicted octanol–water partition coefficient (Wildman–Crippen LogP) is 1.70. The minimum Gasteiger partial charge on any atom is -0.459 e. The summed E-state index contributed by atoms with van der Waals surface area (Å²) in [5.41, 5.74) is 0. The van der Waals surface area contributed by atoms with E-state index in [9.17, 15) is 9.59 Å². The highest BCUT2D eigenvalue weighted by Gasteiger charge is 2.28. The van der Waals surface area contributed by atoms with Gasteiger partial charge in [0, 0.05) is 39.3 Å². The van der Waals surface area contributed by atoms with E-state index in [4.69, 9.17) is 9.15 Å². The van der Waals surface area contributed by atoms with Crippen molar-refractivity contribution in [3.8, 4) is 0 Å². The fourth-order valence-electron chi connectivity index (χ4n) is 3.38. The monoisotopic (exact) mass is 335 g/mol. The number of ether oxygens (including phenoxy) is 1. The van der Waals surface area contributed by atoms with Gasteiger partial charge >= 0.3 is 6.03 Å². The molecule has 0 atom stereocenters. The van der Waals surface area contributed by atoms with Gasteiger partial charge in [0.1, 0.15) is 0 Å². The van der Waals surface area contributed by atoms with Crippen molar-refractivity contribution in [2.45, 2.75) is 37.8 Å². The third-order valence-corrected chi connectivity index (χ3v) is 4.92. The quantitative estimate of drug-likeness (QED) is 0.912. The van der Waals surface area contributed by atoms with Crippen LogP contribution in [0.2, 0.25) is 0 Å². The molecule has 1 aromatic heterocycles. The van der Waals surface area contributed by atoms with Gasteiger partial charge in [0.15, 0.2) is 5.76 Å². The molecule has 24 heavy (non-hydrogen) atoms. The fraction of sp³-hybridized carbons (Fsp3) is 0.647. The van der Waals surface area contributed by atoms with Crippen LogP contribution in [0.1, 0.15) is 36.2 Å². The average Bonchev–Trinajstić information content (AvgIpc) is 3.16. The van der Waals surface area contributed by atoms with Crippen molar-refractivity contribution in [1.29, 1.82) is 0 Å². The Labute approximate surface area is 141 Å². The van der Waals surface area contributed by atoms with E-state index in [2.05, 4.69) is 5.32 Å². The first-order valence-electron chi connectivity index (χ1n) is 8.58. The number of carbonyl (C=O) groups excluding carboxylic acids is 2. The number of carbonyl (C=O) groups is 2. The number of piperazine rings is 1. The van der Waals surface area contributed by atoms with Crippen LogP contribution in [-0.2, 0) is 4.74 Å². The van der Waals surface area contributed by atoms with Crippen molar-refractivity contribution in [1.82, 2.24) is 15.1 Å². The van der Waals surface area contributed by atoms with Gasteiger partial charge < -0.3 is 24.3 Å². The van der Waals surface area contributed by atoms with Crippen LogP contribution < -0.4 is 5.32 Å². The first kappa shape index (κ1) is 16.8. The molecule has 0 aromatic carbocycles. The molecule has 1 aliphatic heterocycles.